The number of hydrogen-bond donors (Lipinski definition) is 0. The molecular weight excluding hydrogens is 256 g/mol. The van der Waals surface area contributed by atoms with E-state index in [1.807, 2.05) is 10.8 Å². The molecule has 2 fully saturated rings. The predicted molar refractivity (Wildman–Crippen MR) is 83.0 cm³/mol. The first kappa shape index (κ1) is 12.9. The van der Waals surface area contributed by atoms with Crippen molar-refractivity contribution in [2.75, 3.05) is 0 Å². The zero-order valence-electron chi connectivity index (χ0n) is 10.9. The molecule has 0 N–H and O–H groups in total. The Kier molecular flexibility index (Phi) is 4.25. The third-order valence-electron chi connectivity index (χ3n) is 4.60. The molecule has 0 radical (unpaired) electrons. The molecule has 0 unspecified atom stereocenters. The van der Waals surface area contributed by atoms with Crippen molar-refractivity contribution in [1.82, 2.24) is 0 Å². The summed E-state index contributed by atoms with van der Waals surface area (Å²) in [6, 6.07) is 10.9. The summed E-state index contributed by atoms with van der Waals surface area (Å²) < 4.78 is 0.608. The Morgan fingerprint density at radius 1 is 0.889 bits per heavy atom. The van der Waals surface area contributed by atoms with E-state index in [2.05, 4.69) is 41.1 Å². The predicted octanol–water partition coefficient (Wildman–Crippen LogP) is 5.93. The zero-order chi connectivity index (χ0) is 12.3. The Hall–Kier alpha value is -0.0800. The van der Waals surface area contributed by atoms with Gasteiger partial charge >= 0.3 is 0 Å². The fourth-order valence-electron chi connectivity index (χ4n) is 3.59. The molecular formula is C16H22S2. The first-order chi connectivity index (χ1) is 8.89. The normalized spacial score (nSPS) is 31.9. The van der Waals surface area contributed by atoms with E-state index in [1.165, 1.54) is 56.3 Å². The Morgan fingerprint density at radius 2 is 1.56 bits per heavy atom. The van der Waals surface area contributed by atoms with Gasteiger partial charge in [0.05, 0.1) is 0 Å². The van der Waals surface area contributed by atoms with Crippen molar-refractivity contribution in [3.8, 4) is 0 Å². The second-order valence-corrected chi connectivity index (χ2v) is 8.35. The summed E-state index contributed by atoms with van der Waals surface area (Å²) in [6.07, 6.45) is 11.8. The van der Waals surface area contributed by atoms with Crippen LogP contribution in [0.4, 0.5) is 0 Å². The largest absolute Gasteiger partial charge is 0.0818 e. The summed E-state index contributed by atoms with van der Waals surface area (Å²) in [5.74, 6) is 1.00. The molecule has 0 bridgehead atoms. The molecule has 2 heteroatoms. The zero-order valence-corrected chi connectivity index (χ0v) is 12.6. The Balaban J connectivity index is 1.68. The molecule has 0 aromatic heterocycles. The van der Waals surface area contributed by atoms with Crippen molar-refractivity contribution in [3.63, 3.8) is 0 Å². The van der Waals surface area contributed by atoms with E-state index in [1.54, 1.807) is 0 Å². The maximum atomic E-state index is 2.25. The summed E-state index contributed by atoms with van der Waals surface area (Å²) >= 11 is 0. The van der Waals surface area contributed by atoms with Gasteiger partial charge in [-0.2, -0.15) is 0 Å². The molecule has 2 saturated carbocycles. The van der Waals surface area contributed by atoms with E-state index in [0.29, 0.717) is 4.75 Å². The Bertz CT molecular complexity index is 362. The number of hydrogen-bond acceptors (Lipinski definition) is 2. The summed E-state index contributed by atoms with van der Waals surface area (Å²) in [4.78, 5) is 1.42. The SMILES string of the molecule is c1ccc(SSC23CCCCC2CCCC3)cc1. The van der Waals surface area contributed by atoms with Crippen molar-refractivity contribution in [2.24, 2.45) is 5.92 Å². The van der Waals surface area contributed by atoms with Gasteiger partial charge in [0.15, 0.2) is 0 Å². The molecule has 98 valence electrons. The third kappa shape index (κ3) is 2.75. The quantitative estimate of drug-likeness (QED) is 0.628. The molecule has 1 aromatic carbocycles. The van der Waals surface area contributed by atoms with Crippen molar-refractivity contribution >= 4 is 21.6 Å². The molecule has 0 atom stereocenters. The molecule has 1 aromatic rings. The van der Waals surface area contributed by atoms with Gasteiger partial charge in [-0.3, -0.25) is 0 Å². The lowest BCUT2D eigenvalue weighted by atomic mass is 9.70. The molecule has 2 aliphatic carbocycles. The standard InChI is InChI=1S/C16H22S2/c1-2-10-15(11-3-1)17-18-16-12-6-4-8-14(16)9-5-7-13-16/h1-3,10-11,14H,4-9,12-13H2. The minimum absolute atomic E-state index is 0.608. The molecule has 2 aliphatic rings. The van der Waals surface area contributed by atoms with Gasteiger partial charge in [-0.1, -0.05) is 65.5 Å². The minimum Gasteiger partial charge on any atom is -0.0818 e. The van der Waals surface area contributed by atoms with E-state index >= 15 is 0 Å². The van der Waals surface area contributed by atoms with E-state index in [-0.39, 0.29) is 0 Å². The van der Waals surface area contributed by atoms with Gasteiger partial charge in [0.1, 0.15) is 0 Å². The molecule has 0 nitrogen and oxygen atoms in total. The topological polar surface area (TPSA) is 0 Å². The number of benzene rings is 1. The summed E-state index contributed by atoms with van der Waals surface area (Å²) in [7, 11) is 4.22. The maximum Gasteiger partial charge on any atom is 0.0295 e. The first-order valence-corrected chi connectivity index (χ1v) is 9.45. The van der Waals surface area contributed by atoms with Gasteiger partial charge in [0.25, 0.3) is 0 Å². The van der Waals surface area contributed by atoms with E-state index in [9.17, 15) is 0 Å². The average Bonchev–Trinajstić information content (AvgIpc) is 2.46. The van der Waals surface area contributed by atoms with Gasteiger partial charge in [-0.15, -0.1) is 0 Å². The fourth-order valence-corrected chi connectivity index (χ4v) is 6.98. The molecule has 3 rings (SSSR count). The summed E-state index contributed by atoms with van der Waals surface area (Å²) in [6.45, 7) is 0. The number of rotatable bonds is 3. The highest BCUT2D eigenvalue weighted by Crippen LogP contribution is 2.56. The van der Waals surface area contributed by atoms with E-state index in [4.69, 9.17) is 0 Å². The van der Waals surface area contributed by atoms with Gasteiger partial charge in [-0.25, -0.2) is 0 Å². The Morgan fingerprint density at radius 3 is 2.22 bits per heavy atom. The minimum atomic E-state index is 0.608. The van der Waals surface area contributed by atoms with Gasteiger partial charge in [0, 0.05) is 9.64 Å². The van der Waals surface area contributed by atoms with Gasteiger partial charge in [-0.05, 0) is 43.7 Å². The highest BCUT2D eigenvalue weighted by Gasteiger charge is 2.42. The average molecular weight is 278 g/mol. The van der Waals surface area contributed by atoms with Crippen LogP contribution >= 0.6 is 21.6 Å². The number of fused-ring (bicyclic) bond motifs is 1. The lowest BCUT2D eigenvalue weighted by molar-refractivity contribution is 0.205. The molecule has 18 heavy (non-hydrogen) atoms. The highest BCUT2D eigenvalue weighted by atomic mass is 33.1. The van der Waals surface area contributed by atoms with Crippen molar-refractivity contribution < 1.29 is 0 Å². The highest BCUT2D eigenvalue weighted by molar-refractivity contribution is 8.77. The maximum absolute atomic E-state index is 2.25. The molecule has 0 saturated heterocycles. The molecule has 0 spiro atoms. The van der Waals surface area contributed by atoms with Crippen LogP contribution in [-0.2, 0) is 0 Å². The lowest BCUT2D eigenvalue weighted by Crippen LogP contribution is -2.39. The Labute approximate surface area is 119 Å². The van der Waals surface area contributed by atoms with Crippen molar-refractivity contribution in [3.05, 3.63) is 30.3 Å². The smallest absolute Gasteiger partial charge is 0.0295 e. The second kappa shape index (κ2) is 5.92. The third-order valence-corrected chi connectivity index (χ3v) is 8.04. The lowest BCUT2D eigenvalue weighted by Gasteiger charge is -2.46. The van der Waals surface area contributed by atoms with Gasteiger partial charge < -0.3 is 0 Å². The monoisotopic (exact) mass is 278 g/mol. The van der Waals surface area contributed by atoms with Crippen LogP contribution < -0.4 is 0 Å². The fraction of sp³-hybridized carbons (Fsp3) is 0.625. The van der Waals surface area contributed by atoms with Crippen molar-refractivity contribution in [1.29, 1.82) is 0 Å². The van der Waals surface area contributed by atoms with E-state index in [0.717, 1.165) is 5.92 Å². The molecule has 0 heterocycles. The second-order valence-electron chi connectivity index (χ2n) is 5.73. The van der Waals surface area contributed by atoms with Crippen LogP contribution in [0.5, 0.6) is 0 Å². The molecule has 0 amide bonds. The van der Waals surface area contributed by atoms with Crippen LogP contribution in [0.25, 0.3) is 0 Å². The van der Waals surface area contributed by atoms with E-state index < -0.39 is 0 Å². The summed E-state index contributed by atoms with van der Waals surface area (Å²) in [5, 5.41) is 0. The summed E-state index contributed by atoms with van der Waals surface area (Å²) in [5.41, 5.74) is 0. The van der Waals surface area contributed by atoms with Crippen LogP contribution in [0.3, 0.4) is 0 Å². The van der Waals surface area contributed by atoms with Crippen LogP contribution in [0, 0.1) is 5.92 Å². The van der Waals surface area contributed by atoms with Crippen LogP contribution in [0.15, 0.2) is 35.2 Å². The van der Waals surface area contributed by atoms with Crippen LogP contribution in [0.1, 0.15) is 51.4 Å². The van der Waals surface area contributed by atoms with Crippen molar-refractivity contribution in [2.45, 2.75) is 61.0 Å². The van der Waals surface area contributed by atoms with Crippen LogP contribution in [0.2, 0.25) is 0 Å². The first-order valence-electron chi connectivity index (χ1n) is 7.30. The molecule has 0 aliphatic heterocycles. The van der Waals surface area contributed by atoms with Crippen LogP contribution in [-0.4, -0.2) is 4.75 Å². The van der Waals surface area contributed by atoms with Gasteiger partial charge in [0.2, 0.25) is 0 Å².